The highest BCUT2D eigenvalue weighted by molar-refractivity contribution is 6.32. The Kier molecular flexibility index (Phi) is 3.15. The molecule has 0 N–H and O–H groups in total. The first-order chi connectivity index (χ1) is 9.28. The second-order valence-corrected chi connectivity index (χ2v) is 5.08. The molecule has 94 valence electrons. The molecule has 0 radical (unpaired) electrons. The summed E-state index contributed by atoms with van der Waals surface area (Å²) in [5, 5.41) is 9.57. The molecule has 2 aromatic rings. The van der Waals surface area contributed by atoms with E-state index >= 15 is 0 Å². The van der Waals surface area contributed by atoms with Crippen molar-refractivity contribution in [3.8, 4) is 17.6 Å². The second-order valence-electron chi connectivity index (χ2n) is 4.67. The van der Waals surface area contributed by atoms with Gasteiger partial charge in [0.15, 0.2) is 0 Å². The molecule has 0 spiro atoms. The van der Waals surface area contributed by atoms with E-state index in [4.69, 9.17) is 21.6 Å². The average molecular weight is 270 g/mol. The Bertz CT molecular complexity index is 656. The van der Waals surface area contributed by atoms with Gasteiger partial charge in [-0.15, -0.1) is 0 Å². The molecule has 3 rings (SSSR count). The molecular formula is C16H12ClNO. The third-order valence-corrected chi connectivity index (χ3v) is 3.52. The van der Waals surface area contributed by atoms with Gasteiger partial charge in [0.2, 0.25) is 0 Å². The normalized spacial score (nSPS) is 13.9. The molecule has 0 aromatic heterocycles. The number of para-hydroxylation sites is 1. The lowest BCUT2D eigenvalue weighted by Gasteiger charge is -2.12. The summed E-state index contributed by atoms with van der Waals surface area (Å²) in [6.07, 6.45) is 2.32. The van der Waals surface area contributed by atoms with Gasteiger partial charge in [0.25, 0.3) is 0 Å². The predicted molar refractivity (Wildman–Crippen MR) is 74.7 cm³/mol. The van der Waals surface area contributed by atoms with Gasteiger partial charge in [0.1, 0.15) is 11.5 Å². The lowest BCUT2D eigenvalue weighted by Crippen LogP contribution is -1.92. The van der Waals surface area contributed by atoms with E-state index in [2.05, 4.69) is 6.07 Å². The number of benzene rings is 2. The largest absolute Gasteiger partial charge is 0.456 e. The molecule has 0 heterocycles. The van der Waals surface area contributed by atoms with Gasteiger partial charge in [-0.25, -0.2) is 0 Å². The van der Waals surface area contributed by atoms with Crippen LogP contribution in [0, 0.1) is 11.3 Å². The van der Waals surface area contributed by atoms with E-state index in [9.17, 15) is 0 Å². The Hall–Kier alpha value is -1.98. The average Bonchev–Trinajstić information content (AvgIpc) is 3.26. The van der Waals surface area contributed by atoms with E-state index in [-0.39, 0.29) is 0 Å². The van der Waals surface area contributed by atoms with Gasteiger partial charge in [0, 0.05) is 0 Å². The van der Waals surface area contributed by atoms with E-state index in [0.717, 1.165) is 24.2 Å². The summed E-state index contributed by atoms with van der Waals surface area (Å²) < 4.78 is 5.90. The maximum absolute atomic E-state index is 8.98. The summed E-state index contributed by atoms with van der Waals surface area (Å²) in [5.74, 6) is 1.97. The quantitative estimate of drug-likeness (QED) is 0.795. The number of ether oxygens (including phenoxy) is 1. The molecule has 0 saturated heterocycles. The number of nitrogens with zero attached hydrogens (tertiary/aromatic N) is 1. The van der Waals surface area contributed by atoms with Crippen molar-refractivity contribution in [2.45, 2.75) is 18.8 Å². The minimum Gasteiger partial charge on any atom is -0.456 e. The van der Waals surface area contributed by atoms with Crippen LogP contribution in [0.15, 0.2) is 42.5 Å². The van der Waals surface area contributed by atoms with Crippen molar-refractivity contribution < 1.29 is 4.74 Å². The van der Waals surface area contributed by atoms with E-state index in [1.807, 2.05) is 30.3 Å². The number of halogens is 1. The van der Waals surface area contributed by atoms with Crippen LogP contribution in [-0.2, 0) is 0 Å². The summed E-state index contributed by atoms with van der Waals surface area (Å²) >= 11 is 6.10. The summed E-state index contributed by atoms with van der Waals surface area (Å²) in [6.45, 7) is 0. The van der Waals surface area contributed by atoms with Crippen LogP contribution in [-0.4, -0.2) is 0 Å². The second kappa shape index (κ2) is 4.95. The van der Waals surface area contributed by atoms with Crippen LogP contribution >= 0.6 is 11.6 Å². The van der Waals surface area contributed by atoms with Crippen LogP contribution in [0.1, 0.15) is 29.9 Å². The van der Waals surface area contributed by atoms with Crippen LogP contribution in [0.4, 0.5) is 0 Å². The minimum atomic E-state index is 0.519. The SMILES string of the molecule is N#Cc1ccc(Oc2ccccc2Cl)c(C2CC2)c1. The molecule has 0 unspecified atom stereocenters. The number of rotatable bonds is 3. The minimum absolute atomic E-state index is 0.519. The molecule has 1 fully saturated rings. The summed E-state index contributed by atoms with van der Waals surface area (Å²) in [4.78, 5) is 0. The molecule has 0 aliphatic heterocycles. The molecule has 3 heteroatoms. The highest BCUT2D eigenvalue weighted by Crippen LogP contribution is 2.46. The lowest BCUT2D eigenvalue weighted by atomic mass is 10.1. The van der Waals surface area contributed by atoms with Crippen molar-refractivity contribution in [2.24, 2.45) is 0 Å². The Labute approximate surface area is 117 Å². The first kappa shape index (κ1) is 12.1. The Balaban J connectivity index is 1.97. The third kappa shape index (κ3) is 2.57. The summed E-state index contributed by atoms with van der Waals surface area (Å²) in [5.41, 5.74) is 1.78. The van der Waals surface area contributed by atoms with Gasteiger partial charge < -0.3 is 4.74 Å². The van der Waals surface area contributed by atoms with Crippen LogP contribution in [0.3, 0.4) is 0 Å². The highest BCUT2D eigenvalue weighted by atomic mass is 35.5. The van der Waals surface area contributed by atoms with Gasteiger partial charge in [-0.05, 0) is 54.7 Å². The Morgan fingerprint density at radius 3 is 2.58 bits per heavy atom. The zero-order valence-corrected chi connectivity index (χ0v) is 11.0. The molecular weight excluding hydrogens is 258 g/mol. The Morgan fingerprint density at radius 2 is 1.89 bits per heavy atom. The van der Waals surface area contributed by atoms with E-state index in [1.165, 1.54) is 0 Å². The highest BCUT2D eigenvalue weighted by Gasteiger charge is 2.27. The smallest absolute Gasteiger partial charge is 0.146 e. The summed E-state index contributed by atoms with van der Waals surface area (Å²) in [6, 6.07) is 15.1. The lowest BCUT2D eigenvalue weighted by molar-refractivity contribution is 0.476. The monoisotopic (exact) mass is 269 g/mol. The zero-order valence-electron chi connectivity index (χ0n) is 10.3. The van der Waals surface area contributed by atoms with Crippen molar-refractivity contribution in [2.75, 3.05) is 0 Å². The predicted octanol–water partition coefficient (Wildman–Crippen LogP) is 4.88. The zero-order chi connectivity index (χ0) is 13.2. The van der Waals surface area contributed by atoms with Crippen LogP contribution in [0.5, 0.6) is 11.5 Å². The number of nitriles is 1. The fourth-order valence-corrected chi connectivity index (χ4v) is 2.24. The molecule has 0 atom stereocenters. The molecule has 2 nitrogen and oxygen atoms in total. The first-order valence-corrected chi connectivity index (χ1v) is 6.62. The maximum Gasteiger partial charge on any atom is 0.146 e. The van der Waals surface area contributed by atoms with Crippen molar-refractivity contribution in [1.82, 2.24) is 0 Å². The van der Waals surface area contributed by atoms with Crippen molar-refractivity contribution in [3.05, 3.63) is 58.6 Å². The fourth-order valence-electron chi connectivity index (χ4n) is 2.07. The number of hydrogen-bond acceptors (Lipinski definition) is 2. The van der Waals surface area contributed by atoms with Gasteiger partial charge in [0.05, 0.1) is 16.7 Å². The van der Waals surface area contributed by atoms with Gasteiger partial charge in [-0.3, -0.25) is 0 Å². The van der Waals surface area contributed by atoms with Gasteiger partial charge in [-0.2, -0.15) is 5.26 Å². The maximum atomic E-state index is 8.98. The molecule has 2 aromatic carbocycles. The fraction of sp³-hybridized carbons (Fsp3) is 0.188. The molecule has 1 saturated carbocycles. The molecule has 19 heavy (non-hydrogen) atoms. The summed E-state index contributed by atoms with van der Waals surface area (Å²) in [7, 11) is 0. The van der Waals surface area contributed by atoms with Gasteiger partial charge >= 0.3 is 0 Å². The third-order valence-electron chi connectivity index (χ3n) is 3.21. The molecule has 1 aliphatic carbocycles. The van der Waals surface area contributed by atoms with E-state index < -0.39 is 0 Å². The van der Waals surface area contributed by atoms with Gasteiger partial charge in [-0.1, -0.05) is 23.7 Å². The van der Waals surface area contributed by atoms with Crippen LogP contribution < -0.4 is 4.74 Å². The van der Waals surface area contributed by atoms with E-state index in [1.54, 1.807) is 12.1 Å². The van der Waals surface area contributed by atoms with Crippen molar-refractivity contribution in [3.63, 3.8) is 0 Å². The van der Waals surface area contributed by atoms with Crippen LogP contribution in [0.25, 0.3) is 0 Å². The standard InChI is InChI=1S/C16H12ClNO/c17-14-3-1-2-4-16(14)19-15-8-5-11(10-18)9-13(15)12-6-7-12/h1-5,8-9,12H,6-7H2. The van der Waals surface area contributed by atoms with Crippen molar-refractivity contribution in [1.29, 1.82) is 5.26 Å². The Morgan fingerprint density at radius 1 is 1.11 bits per heavy atom. The first-order valence-electron chi connectivity index (χ1n) is 6.24. The number of hydrogen-bond donors (Lipinski definition) is 0. The van der Waals surface area contributed by atoms with Crippen LogP contribution in [0.2, 0.25) is 5.02 Å². The van der Waals surface area contributed by atoms with E-state index in [0.29, 0.717) is 22.3 Å². The molecule has 1 aliphatic rings. The molecule has 0 bridgehead atoms. The van der Waals surface area contributed by atoms with Crippen molar-refractivity contribution >= 4 is 11.6 Å². The topological polar surface area (TPSA) is 33.0 Å². The molecule has 0 amide bonds.